The molecule has 0 aliphatic heterocycles. The molecule has 0 spiro atoms. The molecule has 0 fully saturated rings. The zero-order chi connectivity index (χ0) is 10.0. The summed E-state index contributed by atoms with van der Waals surface area (Å²) in [4.78, 5) is 3.35. The van der Waals surface area contributed by atoms with E-state index >= 15 is 0 Å². The van der Waals surface area contributed by atoms with E-state index in [0.717, 1.165) is 13.3 Å². The number of ether oxygens (including phenoxy) is 1. The third-order valence-electron chi connectivity index (χ3n) is 1.37. The maximum atomic E-state index is 13.1. The van der Waals surface area contributed by atoms with Crippen molar-refractivity contribution in [2.45, 2.75) is 6.43 Å². The minimum Gasteiger partial charge on any atom is -0.492 e. The van der Waals surface area contributed by atoms with Gasteiger partial charge in [0.05, 0.1) is 11.6 Å². The highest BCUT2D eigenvalue weighted by molar-refractivity contribution is 9.10. The van der Waals surface area contributed by atoms with Crippen molar-refractivity contribution in [3.8, 4) is 5.75 Å². The molecule has 1 aromatic rings. The maximum absolute atomic E-state index is 13.1. The van der Waals surface area contributed by atoms with E-state index in [0.29, 0.717) is 0 Å². The molecule has 0 aliphatic rings. The van der Waals surface area contributed by atoms with Gasteiger partial charge in [-0.1, -0.05) is 0 Å². The average Bonchev–Trinajstić information content (AvgIpc) is 2.09. The van der Waals surface area contributed by atoms with E-state index in [9.17, 15) is 13.2 Å². The van der Waals surface area contributed by atoms with Crippen molar-refractivity contribution in [2.24, 2.45) is 0 Å². The van der Waals surface area contributed by atoms with Gasteiger partial charge in [-0.2, -0.15) is 0 Å². The topological polar surface area (TPSA) is 22.1 Å². The number of methoxy groups -OCH3 is 1. The predicted molar refractivity (Wildman–Crippen MR) is 43.4 cm³/mol. The number of halogens is 4. The summed E-state index contributed by atoms with van der Waals surface area (Å²) >= 11 is 2.81. The van der Waals surface area contributed by atoms with E-state index in [1.165, 1.54) is 0 Å². The van der Waals surface area contributed by atoms with Crippen LogP contribution < -0.4 is 4.74 Å². The molecule has 1 heterocycles. The first kappa shape index (κ1) is 10.3. The Hall–Kier alpha value is -0.780. The molecule has 0 saturated heterocycles. The molecule has 0 atom stereocenters. The monoisotopic (exact) mass is 255 g/mol. The van der Waals surface area contributed by atoms with Crippen molar-refractivity contribution in [3.63, 3.8) is 0 Å². The van der Waals surface area contributed by atoms with Crippen molar-refractivity contribution >= 4 is 15.9 Å². The van der Waals surface area contributed by atoms with Crippen molar-refractivity contribution in [1.29, 1.82) is 0 Å². The number of aromatic nitrogens is 1. The van der Waals surface area contributed by atoms with E-state index in [-0.39, 0.29) is 4.47 Å². The van der Waals surface area contributed by atoms with Gasteiger partial charge >= 0.3 is 0 Å². The van der Waals surface area contributed by atoms with Crippen LogP contribution in [0.5, 0.6) is 5.75 Å². The molecule has 6 heteroatoms. The molecule has 0 aliphatic carbocycles. The standard InChI is InChI=1S/C7H5BrF3NO/c1-13-6-4(9)3(8)2-12-5(6)7(10)11/h2,7H,1H3. The minimum absolute atomic E-state index is 0.00579. The fourth-order valence-corrected chi connectivity index (χ4v) is 1.09. The third kappa shape index (κ3) is 1.93. The molecule has 0 N–H and O–H groups in total. The fraction of sp³-hybridized carbons (Fsp3) is 0.286. The van der Waals surface area contributed by atoms with Crippen LogP contribution in [-0.4, -0.2) is 12.1 Å². The van der Waals surface area contributed by atoms with E-state index in [4.69, 9.17) is 0 Å². The molecule has 0 bridgehead atoms. The average molecular weight is 256 g/mol. The first-order chi connectivity index (χ1) is 6.07. The smallest absolute Gasteiger partial charge is 0.284 e. The van der Waals surface area contributed by atoms with Crippen molar-refractivity contribution in [3.05, 3.63) is 22.2 Å². The van der Waals surface area contributed by atoms with E-state index in [1.54, 1.807) is 0 Å². The molecule has 0 radical (unpaired) electrons. The lowest BCUT2D eigenvalue weighted by Crippen LogP contribution is -1.99. The van der Waals surface area contributed by atoms with E-state index in [1.807, 2.05) is 0 Å². The lowest BCUT2D eigenvalue weighted by Gasteiger charge is -2.07. The molecule has 72 valence electrons. The molecular weight excluding hydrogens is 251 g/mol. The first-order valence-corrected chi connectivity index (χ1v) is 4.03. The van der Waals surface area contributed by atoms with E-state index in [2.05, 4.69) is 25.7 Å². The maximum Gasteiger partial charge on any atom is 0.284 e. The summed E-state index contributed by atoms with van der Waals surface area (Å²) in [7, 11) is 1.11. The Kier molecular flexibility index (Phi) is 3.13. The van der Waals surface area contributed by atoms with Gasteiger partial charge in [-0.15, -0.1) is 0 Å². The summed E-state index contributed by atoms with van der Waals surface area (Å²) < 4.78 is 41.9. The van der Waals surface area contributed by atoms with Crippen LogP contribution in [-0.2, 0) is 0 Å². The predicted octanol–water partition coefficient (Wildman–Crippen LogP) is 2.93. The summed E-state index contributed by atoms with van der Waals surface area (Å²) in [5.41, 5.74) is -0.691. The molecule has 2 nitrogen and oxygen atoms in total. The molecule has 13 heavy (non-hydrogen) atoms. The Morgan fingerprint density at radius 1 is 1.54 bits per heavy atom. The van der Waals surface area contributed by atoms with Crippen LogP contribution in [0.25, 0.3) is 0 Å². The van der Waals surface area contributed by atoms with Gasteiger partial charge in [-0.25, -0.2) is 18.2 Å². The van der Waals surface area contributed by atoms with Gasteiger partial charge in [-0.3, -0.25) is 0 Å². The second-order valence-electron chi connectivity index (χ2n) is 2.14. The first-order valence-electron chi connectivity index (χ1n) is 3.24. The zero-order valence-corrected chi connectivity index (χ0v) is 8.11. The number of hydrogen-bond acceptors (Lipinski definition) is 2. The Labute approximate surface area is 80.9 Å². The van der Waals surface area contributed by atoms with Gasteiger partial charge in [0.25, 0.3) is 6.43 Å². The summed E-state index contributed by atoms with van der Waals surface area (Å²) in [6, 6.07) is 0. The van der Waals surface area contributed by atoms with Crippen LogP contribution in [0.3, 0.4) is 0 Å². The normalized spacial score (nSPS) is 10.6. The number of nitrogens with zero attached hydrogens (tertiary/aromatic N) is 1. The highest BCUT2D eigenvalue weighted by Gasteiger charge is 2.20. The van der Waals surface area contributed by atoms with E-state index < -0.39 is 23.7 Å². The summed E-state index contributed by atoms with van der Waals surface area (Å²) in [5, 5.41) is 0. The summed E-state index contributed by atoms with van der Waals surface area (Å²) in [6.45, 7) is 0. The van der Waals surface area contributed by atoms with Crippen LogP contribution in [0.4, 0.5) is 13.2 Å². The van der Waals surface area contributed by atoms with Gasteiger partial charge < -0.3 is 4.74 Å². The van der Waals surface area contributed by atoms with Crippen LogP contribution in [0, 0.1) is 5.82 Å². The Morgan fingerprint density at radius 2 is 2.15 bits per heavy atom. The van der Waals surface area contributed by atoms with Gasteiger partial charge in [0.2, 0.25) is 0 Å². The Bertz CT molecular complexity index is 319. The quantitative estimate of drug-likeness (QED) is 0.811. The SMILES string of the molecule is COc1c(C(F)F)ncc(Br)c1F. The van der Waals surface area contributed by atoms with Crippen molar-refractivity contribution < 1.29 is 17.9 Å². The van der Waals surface area contributed by atoms with Crippen molar-refractivity contribution in [2.75, 3.05) is 7.11 Å². The number of alkyl halides is 2. The van der Waals surface area contributed by atoms with Gasteiger partial charge in [0.1, 0.15) is 0 Å². The van der Waals surface area contributed by atoms with Crippen LogP contribution in [0.1, 0.15) is 12.1 Å². The fourth-order valence-electron chi connectivity index (χ4n) is 0.812. The van der Waals surface area contributed by atoms with Crippen molar-refractivity contribution in [1.82, 2.24) is 4.98 Å². The summed E-state index contributed by atoms with van der Waals surface area (Å²) in [6.07, 6.45) is -1.88. The van der Waals surface area contributed by atoms with Gasteiger partial charge in [-0.05, 0) is 15.9 Å². The summed E-state index contributed by atoms with van der Waals surface area (Å²) in [5.74, 6) is -1.39. The Morgan fingerprint density at radius 3 is 2.62 bits per heavy atom. The molecule has 0 amide bonds. The second kappa shape index (κ2) is 3.95. The second-order valence-corrected chi connectivity index (χ2v) is 2.99. The molecule has 0 saturated carbocycles. The molecule has 0 aromatic carbocycles. The number of pyridine rings is 1. The van der Waals surface area contributed by atoms with Crippen LogP contribution >= 0.6 is 15.9 Å². The van der Waals surface area contributed by atoms with Crippen LogP contribution in [0.2, 0.25) is 0 Å². The highest BCUT2D eigenvalue weighted by Crippen LogP contribution is 2.32. The largest absolute Gasteiger partial charge is 0.492 e. The third-order valence-corrected chi connectivity index (χ3v) is 1.92. The lowest BCUT2D eigenvalue weighted by molar-refractivity contribution is 0.140. The number of rotatable bonds is 2. The molecule has 1 rings (SSSR count). The zero-order valence-electron chi connectivity index (χ0n) is 6.52. The minimum atomic E-state index is -2.85. The highest BCUT2D eigenvalue weighted by atomic mass is 79.9. The molecular formula is C7H5BrF3NO. The van der Waals surface area contributed by atoms with Crippen LogP contribution in [0.15, 0.2) is 10.7 Å². The molecule has 0 unspecified atom stereocenters. The number of hydrogen-bond donors (Lipinski definition) is 0. The van der Waals surface area contributed by atoms with Gasteiger partial charge in [0.15, 0.2) is 17.3 Å². The Balaban J connectivity index is 3.30. The molecule has 1 aromatic heterocycles. The lowest BCUT2D eigenvalue weighted by atomic mass is 10.3. The van der Waals surface area contributed by atoms with Gasteiger partial charge in [0, 0.05) is 6.20 Å².